The molecule has 0 saturated heterocycles. The fraction of sp³-hybridized carbons (Fsp3) is 0.250. The van der Waals surface area contributed by atoms with Gasteiger partial charge in [-0.25, -0.2) is 4.98 Å². The second-order valence-electron chi connectivity index (χ2n) is 6.85. The van der Waals surface area contributed by atoms with Crippen LogP contribution in [-0.4, -0.2) is 31.3 Å². The van der Waals surface area contributed by atoms with Gasteiger partial charge in [0.1, 0.15) is 22.9 Å². The van der Waals surface area contributed by atoms with Crippen LogP contribution in [0.2, 0.25) is 5.02 Å². The van der Waals surface area contributed by atoms with E-state index in [0.717, 1.165) is 0 Å². The fourth-order valence-corrected chi connectivity index (χ4v) is 3.13. The highest BCUT2D eigenvalue weighted by molar-refractivity contribution is 6.30. The molecule has 0 spiro atoms. The monoisotopic (exact) mass is 458 g/mol. The Morgan fingerprint density at radius 1 is 1.12 bits per heavy atom. The smallest absolute Gasteiger partial charge is 0.243 e. The Hall–Kier alpha value is -3.32. The van der Waals surface area contributed by atoms with Crippen molar-refractivity contribution in [3.8, 4) is 23.1 Å². The van der Waals surface area contributed by atoms with Gasteiger partial charge in [0, 0.05) is 30.1 Å². The molecule has 0 bridgehead atoms. The van der Waals surface area contributed by atoms with Crippen LogP contribution in [0.4, 0.5) is 10.1 Å². The lowest BCUT2D eigenvalue weighted by Crippen LogP contribution is -2.28. The highest BCUT2D eigenvalue weighted by Crippen LogP contribution is 2.34. The quantitative estimate of drug-likeness (QED) is 0.358. The Labute approximate surface area is 191 Å². The molecule has 6 nitrogen and oxygen atoms in total. The second kappa shape index (κ2) is 11.3. The van der Waals surface area contributed by atoms with Gasteiger partial charge >= 0.3 is 0 Å². The maximum Gasteiger partial charge on any atom is 0.243 e. The molecule has 0 N–H and O–H groups in total. The van der Waals surface area contributed by atoms with Gasteiger partial charge in [-0.1, -0.05) is 11.6 Å². The van der Waals surface area contributed by atoms with Gasteiger partial charge in [-0.05, 0) is 54.6 Å². The van der Waals surface area contributed by atoms with Gasteiger partial charge in [-0.15, -0.1) is 0 Å². The molecule has 2 aromatic carbocycles. The van der Waals surface area contributed by atoms with Gasteiger partial charge in [0.25, 0.3) is 0 Å². The number of hydrogen-bond donors (Lipinski definition) is 0. The number of pyridine rings is 1. The van der Waals surface area contributed by atoms with Crippen LogP contribution in [0.1, 0.15) is 18.9 Å². The van der Waals surface area contributed by atoms with E-state index in [2.05, 4.69) is 4.98 Å². The summed E-state index contributed by atoms with van der Waals surface area (Å²) in [7, 11) is 1.56. The molecule has 1 aromatic heterocycles. The first-order valence-corrected chi connectivity index (χ1v) is 10.4. The van der Waals surface area contributed by atoms with Crippen LogP contribution in [0.3, 0.4) is 0 Å². The molecule has 0 fully saturated rings. The number of halogens is 2. The zero-order valence-electron chi connectivity index (χ0n) is 17.9. The number of rotatable bonds is 10. The number of carbonyl (C=O) groups excluding carboxylic acids is 1. The molecular weight excluding hydrogens is 435 g/mol. The van der Waals surface area contributed by atoms with Crippen LogP contribution in [0, 0.1) is 0 Å². The lowest BCUT2D eigenvalue weighted by molar-refractivity contribution is -0.116. The van der Waals surface area contributed by atoms with Crippen molar-refractivity contribution in [2.24, 2.45) is 0 Å². The third-order valence-corrected chi connectivity index (χ3v) is 4.83. The molecule has 0 saturated carbocycles. The zero-order chi connectivity index (χ0) is 22.9. The highest BCUT2D eigenvalue weighted by atomic mass is 35.5. The van der Waals surface area contributed by atoms with E-state index in [0.29, 0.717) is 33.5 Å². The summed E-state index contributed by atoms with van der Waals surface area (Å²) in [5.41, 5.74) is 1.20. The number of anilines is 1. The predicted molar refractivity (Wildman–Crippen MR) is 122 cm³/mol. The topological polar surface area (TPSA) is 60.9 Å². The summed E-state index contributed by atoms with van der Waals surface area (Å²) in [5, 5.41) is 0.585. The van der Waals surface area contributed by atoms with Crippen LogP contribution < -0.4 is 19.1 Å². The van der Waals surface area contributed by atoms with E-state index in [1.807, 2.05) is 0 Å². The molecule has 3 aromatic rings. The highest BCUT2D eigenvalue weighted by Gasteiger charge is 2.20. The van der Waals surface area contributed by atoms with Crippen LogP contribution in [0.15, 0.2) is 60.8 Å². The largest absolute Gasteiger partial charge is 0.497 e. The minimum atomic E-state index is -0.466. The summed E-state index contributed by atoms with van der Waals surface area (Å²) in [4.78, 5) is 18.5. The first-order valence-electron chi connectivity index (χ1n) is 10.0. The molecule has 0 unspecified atom stereocenters. The van der Waals surface area contributed by atoms with Gasteiger partial charge in [-0.2, -0.15) is 0 Å². The Bertz CT molecular complexity index is 1050. The third-order valence-electron chi connectivity index (χ3n) is 4.58. The minimum absolute atomic E-state index is 0.181. The standard InChI is InChI=1S/C24H24ClFN2O4/c1-17(29)28(16-18-15-21(30-2)10-11-23(18)31-14-4-12-26)22-5-3-13-27-24(22)32-20-8-6-19(25)7-9-20/h3,5-11,13,15H,4,12,14,16H2,1-2H3. The number of amides is 1. The van der Waals surface area contributed by atoms with Crippen molar-refractivity contribution in [3.05, 3.63) is 71.4 Å². The average molecular weight is 459 g/mol. The zero-order valence-corrected chi connectivity index (χ0v) is 18.6. The molecule has 1 heterocycles. The number of alkyl halides is 1. The fourth-order valence-electron chi connectivity index (χ4n) is 3.00. The number of carbonyl (C=O) groups is 1. The third kappa shape index (κ3) is 6.11. The lowest BCUT2D eigenvalue weighted by atomic mass is 10.1. The van der Waals surface area contributed by atoms with E-state index < -0.39 is 6.67 Å². The van der Waals surface area contributed by atoms with Gasteiger partial charge in [0.15, 0.2) is 0 Å². The van der Waals surface area contributed by atoms with Crippen molar-refractivity contribution in [1.29, 1.82) is 0 Å². The molecule has 0 aliphatic carbocycles. The molecule has 0 aliphatic heterocycles. The van der Waals surface area contributed by atoms with Crippen molar-refractivity contribution in [1.82, 2.24) is 4.98 Å². The number of hydrogen-bond acceptors (Lipinski definition) is 5. The van der Waals surface area contributed by atoms with E-state index in [1.54, 1.807) is 67.9 Å². The van der Waals surface area contributed by atoms with Crippen LogP contribution in [0.5, 0.6) is 23.1 Å². The van der Waals surface area contributed by atoms with Crippen molar-refractivity contribution in [2.45, 2.75) is 19.9 Å². The Kier molecular flexibility index (Phi) is 8.27. The van der Waals surface area contributed by atoms with Crippen molar-refractivity contribution in [3.63, 3.8) is 0 Å². The molecule has 3 rings (SSSR count). The van der Waals surface area contributed by atoms with E-state index in [9.17, 15) is 9.18 Å². The van der Waals surface area contributed by atoms with E-state index in [-0.39, 0.29) is 31.4 Å². The molecule has 32 heavy (non-hydrogen) atoms. The molecule has 168 valence electrons. The van der Waals surface area contributed by atoms with Crippen molar-refractivity contribution >= 4 is 23.2 Å². The predicted octanol–water partition coefficient (Wildman–Crippen LogP) is 5.83. The second-order valence-corrected chi connectivity index (χ2v) is 7.29. The first-order chi connectivity index (χ1) is 15.5. The van der Waals surface area contributed by atoms with Gasteiger partial charge in [-0.3, -0.25) is 9.18 Å². The average Bonchev–Trinajstić information content (AvgIpc) is 2.80. The molecule has 0 aliphatic rings. The van der Waals surface area contributed by atoms with E-state index in [4.69, 9.17) is 25.8 Å². The van der Waals surface area contributed by atoms with Crippen LogP contribution in [-0.2, 0) is 11.3 Å². The molecule has 8 heteroatoms. The van der Waals surface area contributed by atoms with Gasteiger partial charge < -0.3 is 19.1 Å². The molecule has 0 radical (unpaired) electrons. The molecular formula is C24H24ClFN2O4. The minimum Gasteiger partial charge on any atom is -0.497 e. The van der Waals surface area contributed by atoms with E-state index >= 15 is 0 Å². The summed E-state index contributed by atoms with van der Waals surface area (Å²) >= 11 is 5.95. The maximum atomic E-state index is 12.6. The number of benzene rings is 2. The summed E-state index contributed by atoms with van der Waals surface area (Å²) in [6, 6.07) is 15.6. The Balaban J connectivity index is 1.93. The molecule has 1 amide bonds. The van der Waals surface area contributed by atoms with Crippen molar-refractivity contribution < 1.29 is 23.4 Å². The van der Waals surface area contributed by atoms with Crippen LogP contribution >= 0.6 is 11.6 Å². The summed E-state index contributed by atoms with van der Waals surface area (Å²) < 4.78 is 29.5. The number of aromatic nitrogens is 1. The summed E-state index contributed by atoms with van der Waals surface area (Å²) in [6.45, 7) is 1.41. The summed E-state index contributed by atoms with van der Waals surface area (Å²) in [6.07, 6.45) is 1.87. The van der Waals surface area contributed by atoms with Crippen LogP contribution in [0.25, 0.3) is 0 Å². The Morgan fingerprint density at radius 3 is 2.56 bits per heavy atom. The summed E-state index contributed by atoms with van der Waals surface area (Å²) in [5.74, 6) is 1.76. The van der Waals surface area contributed by atoms with Gasteiger partial charge in [0.05, 0.1) is 26.9 Å². The number of methoxy groups -OCH3 is 1. The molecule has 0 atom stereocenters. The SMILES string of the molecule is COc1ccc(OCCCF)c(CN(C(C)=O)c2cccnc2Oc2ccc(Cl)cc2)c1. The number of nitrogens with zero attached hydrogens (tertiary/aromatic N) is 2. The Morgan fingerprint density at radius 2 is 1.88 bits per heavy atom. The van der Waals surface area contributed by atoms with Crippen molar-refractivity contribution in [2.75, 3.05) is 25.3 Å². The number of ether oxygens (including phenoxy) is 3. The normalized spacial score (nSPS) is 10.5. The lowest BCUT2D eigenvalue weighted by Gasteiger charge is -2.24. The maximum absolute atomic E-state index is 12.6. The van der Waals surface area contributed by atoms with E-state index in [1.165, 1.54) is 11.8 Å². The first kappa shape index (κ1) is 23.3. The van der Waals surface area contributed by atoms with Gasteiger partial charge in [0.2, 0.25) is 11.8 Å².